The van der Waals surface area contributed by atoms with Crippen LogP contribution in [-0.2, 0) is 21.2 Å². The van der Waals surface area contributed by atoms with E-state index in [2.05, 4.69) is 10.6 Å². The van der Waals surface area contributed by atoms with Crippen LogP contribution < -0.4 is 14.9 Å². The number of hydrogen-bond donors (Lipinski definition) is 2. The van der Waals surface area contributed by atoms with Crippen LogP contribution in [0.1, 0.15) is 22.8 Å². The van der Waals surface area contributed by atoms with Gasteiger partial charge in [-0.25, -0.2) is 8.42 Å². The number of nitrogens with one attached hydrogen (secondary N) is 2. The predicted molar refractivity (Wildman–Crippen MR) is 131 cm³/mol. The Morgan fingerprint density at radius 3 is 2.09 bits per heavy atom. The fourth-order valence-corrected chi connectivity index (χ4v) is 4.65. The normalized spacial score (nSPS) is 11.9. The molecule has 0 heterocycles. The van der Waals surface area contributed by atoms with Crippen LogP contribution in [0.4, 0.5) is 11.4 Å². The van der Waals surface area contributed by atoms with Gasteiger partial charge in [-0.1, -0.05) is 60.7 Å². The molecule has 3 aromatic carbocycles. The summed E-state index contributed by atoms with van der Waals surface area (Å²) < 4.78 is 25.9. The zero-order chi connectivity index (χ0) is 23.8. The second-order valence-corrected chi connectivity index (χ2v) is 9.46. The molecule has 0 spiro atoms. The van der Waals surface area contributed by atoms with E-state index in [-0.39, 0.29) is 5.91 Å². The Bertz CT molecular complexity index is 1200. The van der Waals surface area contributed by atoms with Gasteiger partial charge < -0.3 is 10.6 Å². The third-order valence-electron chi connectivity index (χ3n) is 5.07. The molecule has 0 radical (unpaired) electrons. The highest BCUT2D eigenvalue weighted by Gasteiger charge is 2.29. The molecule has 3 rings (SSSR count). The van der Waals surface area contributed by atoms with Crippen molar-refractivity contribution >= 4 is 33.2 Å². The molecule has 3 aromatic rings. The van der Waals surface area contributed by atoms with Gasteiger partial charge >= 0.3 is 0 Å². The quantitative estimate of drug-likeness (QED) is 0.506. The Hall–Kier alpha value is -3.65. The summed E-state index contributed by atoms with van der Waals surface area (Å²) in [6.07, 6.45) is 1.73. The first-order valence-electron chi connectivity index (χ1n) is 10.5. The summed E-state index contributed by atoms with van der Waals surface area (Å²) in [6, 6.07) is 23.8. The molecule has 8 heteroatoms. The summed E-state index contributed by atoms with van der Waals surface area (Å²) in [5.41, 5.74) is 2.11. The minimum Gasteiger partial charge on any atom is -0.352 e. The van der Waals surface area contributed by atoms with Crippen molar-refractivity contribution in [1.82, 2.24) is 5.32 Å². The molecule has 0 aromatic heterocycles. The molecule has 0 fully saturated rings. The van der Waals surface area contributed by atoms with Gasteiger partial charge in [-0.2, -0.15) is 0 Å². The summed E-state index contributed by atoms with van der Waals surface area (Å²) in [5, 5.41) is 5.58. The van der Waals surface area contributed by atoms with E-state index >= 15 is 0 Å². The van der Waals surface area contributed by atoms with Crippen LogP contribution in [0.25, 0.3) is 0 Å². The Balaban J connectivity index is 1.72. The van der Waals surface area contributed by atoms with E-state index in [9.17, 15) is 18.0 Å². The van der Waals surface area contributed by atoms with Crippen LogP contribution in [0.5, 0.6) is 0 Å². The van der Waals surface area contributed by atoms with Crippen LogP contribution in [0, 0.1) is 0 Å². The monoisotopic (exact) mass is 465 g/mol. The van der Waals surface area contributed by atoms with E-state index < -0.39 is 22.0 Å². The maximum atomic E-state index is 13.0. The number of rotatable bonds is 9. The lowest BCUT2D eigenvalue weighted by atomic mass is 10.1. The first-order chi connectivity index (χ1) is 15.8. The van der Waals surface area contributed by atoms with E-state index in [4.69, 9.17) is 0 Å². The summed E-state index contributed by atoms with van der Waals surface area (Å²) in [5.74, 6) is -0.869. The van der Waals surface area contributed by atoms with Gasteiger partial charge in [0.25, 0.3) is 5.91 Å². The van der Waals surface area contributed by atoms with E-state index in [0.717, 1.165) is 16.1 Å². The SMILES string of the molecule is C[C@H](C(=O)Nc1ccccc1C(=O)NCCc1ccccc1)N(c1ccccc1)S(C)(=O)=O. The molecule has 2 amide bonds. The lowest BCUT2D eigenvalue weighted by Crippen LogP contribution is -2.45. The second kappa shape index (κ2) is 10.8. The van der Waals surface area contributed by atoms with Crippen molar-refractivity contribution in [1.29, 1.82) is 0 Å². The van der Waals surface area contributed by atoms with Gasteiger partial charge in [0, 0.05) is 6.54 Å². The van der Waals surface area contributed by atoms with Gasteiger partial charge in [-0.3, -0.25) is 13.9 Å². The van der Waals surface area contributed by atoms with Crippen molar-refractivity contribution < 1.29 is 18.0 Å². The summed E-state index contributed by atoms with van der Waals surface area (Å²) >= 11 is 0. The van der Waals surface area contributed by atoms with Crippen LogP contribution >= 0.6 is 0 Å². The molecule has 0 aliphatic heterocycles. The van der Waals surface area contributed by atoms with Crippen LogP contribution in [0.15, 0.2) is 84.9 Å². The van der Waals surface area contributed by atoms with Crippen LogP contribution in [0.3, 0.4) is 0 Å². The van der Waals surface area contributed by atoms with Gasteiger partial charge in [0.05, 0.1) is 23.2 Å². The highest BCUT2D eigenvalue weighted by atomic mass is 32.2. The van der Waals surface area contributed by atoms with Crippen molar-refractivity contribution in [2.24, 2.45) is 0 Å². The third kappa shape index (κ3) is 6.43. The Labute approximate surface area is 194 Å². The number of carbonyl (C=O) groups is 2. The average Bonchev–Trinajstić information content (AvgIpc) is 2.80. The first kappa shape index (κ1) is 24.0. The zero-order valence-corrected chi connectivity index (χ0v) is 19.4. The third-order valence-corrected chi connectivity index (χ3v) is 6.31. The smallest absolute Gasteiger partial charge is 0.253 e. The number of carbonyl (C=O) groups excluding carboxylic acids is 2. The summed E-state index contributed by atoms with van der Waals surface area (Å²) in [6.45, 7) is 1.95. The fraction of sp³-hybridized carbons (Fsp3) is 0.200. The first-order valence-corrected chi connectivity index (χ1v) is 12.4. The van der Waals surface area contributed by atoms with Gasteiger partial charge in [0.15, 0.2) is 0 Å². The Kier molecular flexibility index (Phi) is 7.84. The number of nitrogens with zero attached hydrogens (tertiary/aromatic N) is 1. The molecule has 0 saturated carbocycles. The molecule has 0 aliphatic rings. The number of amides is 2. The topological polar surface area (TPSA) is 95.6 Å². The molecular weight excluding hydrogens is 438 g/mol. The lowest BCUT2D eigenvalue weighted by Gasteiger charge is -2.28. The van der Waals surface area contributed by atoms with Gasteiger partial charge in [0.2, 0.25) is 15.9 Å². The standard InChI is InChI=1S/C25H27N3O4S/c1-19(28(33(2,31)32)21-13-7-4-8-14-21)24(29)27-23-16-10-9-15-22(23)25(30)26-18-17-20-11-5-3-6-12-20/h3-16,19H,17-18H2,1-2H3,(H,26,30)(H,27,29)/t19-/m1/s1. The minimum absolute atomic E-state index is 0.303. The Morgan fingerprint density at radius 2 is 1.45 bits per heavy atom. The summed E-state index contributed by atoms with van der Waals surface area (Å²) in [4.78, 5) is 25.8. The number of hydrogen-bond acceptors (Lipinski definition) is 4. The largest absolute Gasteiger partial charge is 0.352 e. The van der Waals surface area contributed by atoms with Crippen molar-refractivity contribution in [2.45, 2.75) is 19.4 Å². The second-order valence-electron chi connectivity index (χ2n) is 7.60. The summed E-state index contributed by atoms with van der Waals surface area (Å²) in [7, 11) is -3.73. The number of para-hydroxylation sites is 2. The Morgan fingerprint density at radius 1 is 0.879 bits per heavy atom. The maximum Gasteiger partial charge on any atom is 0.253 e. The molecule has 0 aliphatic carbocycles. The molecule has 0 unspecified atom stereocenters. The maximum absolute atomic E-state index is 13.0. The van der Waals surface area contributed by atoms with Gasteiger partial charge in [-0.05, 0) is 43.2 Å². The number of anilines is 2. The molecule has 7 nitrogen and oxygen atoms in total. The molecular formula is C25H27N3O4S. The average molecular weight is 466 g/mol. The molecule has 33 heavy (non-hydrogen) atoms. The number of sulfonamides is 1. The van der Waals surface area contributed by atoms with Crippen LogP contribution in [-0.4, -0.2) is 39.1 Å². The molecule has 0 saturated heterocycles. The molecule has 0 bridgehead atoms. The van der Waals surface area contributed by atoms with E-state index in [1.54, 1.807) is 54.6 Å². The fourth-order valence-electron chi connectivity index (χ4n) is 3.47. The predicted octanol–water partition coefficient (Wildman–Crippen LogP) is 3.45. The highest BCUT2D eigenvalue weighted by Crippen LogP contribution is 2.22. The van der Waals surface area contributed by atoms with Crippen molar-refractivity contribution in [3.05, 3.63) is 96.1 Å². The van der Waals surface area contributed by atoms with Gasteiger partial charge in [-0.15, -0.1) is 0 Å². The zero-order valence-electron chi connectivity index (χ0n) is 18.6. The van der Waals surface area contributed by atoms with Crippen molar-refractivity contribution in [3.63, 3.8) is 0 Å². The molecule has 1 atom stereocenters. The lowest BCUT2D eigenvalue weighted by molar-refractivity contribution is -0.116. The molecule has 2 N–H and O–H groups in total. The van der Waals surface area contributed by atoms with Crippen molar-refractivity contribution in [2.75, 3.05) is 22.4 Å². The molecule has 172 valence electrons. The van der Waals surface area contributed by atoms with Crippen molar-refractivity contribution in [3.8, 4) is 0 Å². The van der Waals surface area contributed by atoms with Crippen LogP contribution in [0.2, 0.25) is 0 Å². The van der Waals surface area contributed by atoms with Gasteiger partial charge in [0.1, 0.15) is 6.04 Å². The van der Waals surface area contributed by atoms with E-state index in [1.807, 2.05) is 30.3 Å². The van der Waals surface area contributed by atoms with E-state index in [0.29, 0.717) is 29.9 Å². The number of benzene rings is 3. The minimum atomic E-state index is -3.73. The van der Waals surface area contributed by atoms with E-state index in [1.165, 1.54) is 6.92 Å². The highest BCUT2D eigenvalue weighted by molar-refractivity contribution is 7.92.